The Morgan fingerprint density at radius 2 is 1.87 bits per heavy atom. The molecule has 1 aliphatic carbocycles. The summed E-state index contributed by atoms with van der Waals surface area (Å²) in [7, 11) is 0. The van der Waals surface area contributed by atoms with Gasteiger partial charge in [0, 0.05) is 6.54 Å². The van der Waals surface area contributed by atoms with Crippen molar-refractivity contribution in [2.45, 2.75) is 85.7 Å². The third kappa shape index (κ3) is 10.4. The van der Waals surface area contributed by atoms with Gasteiger partial charge in [0.15, 0.2) is 0 Å². The van der Waals surface area contributed by atoms with Crippen molar-refractivity contribution in [3.63, 3.8) is 0 Å². The molecule has 3 unspecified atom stereocenters. The maximum atomic E-state index is 12.0. The van der Waals surface area contributed by atoms with Crippen LogP contribution in [0.15, 0.2) is 12.2 Å². The molecule has 0 heterocycles. The van der Waals surface area contributed by atoms with Crippen LogP contribution in [0.5, 0.6) is 0 Å². The van der Waals surface area contributed by atoms with Crippen molar-refractivity contribution in [2.24, 2.45) is 17.3 Å². The minimum Gasteiger partial charge on any atom is -0.446 e. The molecular formula is C20H37NO2. The monoisotopic (exact) mass is 323 g/mol. The second-order valence-electron chi connectivity index (χ2n) is 8.60. The Bertz CT molecular complexity index is 370. The van der Waals surface area contributed by atoms with Gasteiger partial charge in [-0.25, -0.2) is 4.79 Å². The van der Waals surface area contributed by atoms with Gasteiger partial charge >= 0.3 is 6.09 Å². The number of carbonyl (C=O) groups is 1. The van der Waals surface area contributed by atoms with Crippen LogP contribution in [0.2, 0.25) is 0 Å². The summed E-state index contributed by atoms with van der Waals surface area (Å²) in [5, 5.41) is 2.95. The van der Waals surface area contributed by atoms with Gasteiger partial charge in [0.2, 0.25) is 0 Å². The first kappa shape index (κ1) is 20.1. The Kier molecular flexibility index (Phi) is 8.72. The summed E-state index contributed by atoms with van der Waals surface area (Å²) in [5.41, 5.74) is 0.373. The third-order valence-corrected chi connectivity index (χ3v) is 4.35. The lowest BCUT2D eigenvalue weighted by Gasteiger charge is -2.25. The highest BCUT2D eigenvalue weighted by Gasteiger charge is 2.19. The lowest BCUT2D eigenvalue weighted by molar-refractivity contribution is 0.0851. The first-order valence-corrected chi connectivity index (χ1v) is 9.36. The number of amides is 1. The Balaban J connectivity index is 2.22. The number of allylic oxidation sites excluding steroid dienone is 2. The molecule has 0 saturated carbocycles. The quantitative estimate of drug-likeness (QED) is 0.637. The van der Waals surface area contributed by atoms with E-state index in [0.29, 0.717) is 23.8 Å². The summed E-state index contributed by atoms with van der Waals surface area (Å²) in [6, 6.07) is 0. The summed E-state index contributed by atoms with van der Waals surface area (Å²) < 4.78 is 5.58. The zero-order valence-electron chi connectivity index (χ0n) is 15.9. The van der Waals surface area contributed by atoms with E-state index in [2.05, 4.69) is 52.1 Å². The van der Waals surface area contributed by atoms with Crippen LogP contribution in [0.25, 0.3) is 0 Å². The highest BCUT2D eigenvalue weighted by molar-refractivity contribution is 5.67. The van der Waals surface area contributed by atoms with Gasteiger partial charge in [0.25, 0.3) is 0 Å². The van der Waals surface area contributed by atoms with Crippen LogP contribution in [-0.2, 0) is 4.74 Å². The Labute approximate surface area is 143 Å². The molecule has 0 radical (unpaired) electrons. The predicted molar refractivity (Wildman–Crippen MR) is 97.5 cm³/mol. The Hall–Kier alpha value is -0.990. The van der Waals surface area contributed by atoms with Crippen molar-refractivity contribution in [3.05, 3.63) is 12.2 Å². The minimum atomic E-state index is -0.241. The molecule has 1 aliphatic rings. The van der Waals surface area contributed by atoms with E-state index in [4.69, 9.17) is 4.74 Å². The number of hydrogen-bond acceptors (Lipinski definition) is 2. The SMILES string of the molecule is CC(CNC(=O)OC1CC/C=C/CCC1)CC(C)CC(C)(C)C. The lowest BCUT2D eigenvalue weighted by Crippen LogP contribution is -2.33. The van der Waals surface area contributed by atoms with E-state index in [-0.39, 0.29) is 12.2 Å². The van der Waals surface area contributed by atoms with Crippen LogP contribution < -0.4 is 5.32 Å². The van der Waals surface area contributed by atoms with Gasteiger partial charge < -0.3 is 10.1 Å². The van der Waals surface area contributed by atoms with Gasteiger partial charge in [-0.3, -0.25) is 0 Å². The van der Waals surface area contributed by atoms with Crippen LogP contribution in [0, 0.1) is 17.3 Å². The summed E-state index contributed by atoms with van der Waals surface area (Å²) in [4.78, 5) is 12.0. The van der Waals surface area contributed by atoms with Gasteiger partial charge in [0.1, 0.15) is 6.10 Å². The fourth-order valence-electron chi connectivity index (χ4n) is 3.59. The van der Waals surface area contributed by atoms with Crippen molar-refractivity contribution < 1.29 is 9.53 Å². The summed E-state index contributed by atoms with van der Waals surface area (Å²) in [5.74, 6) is 1.17. The molecule has 0 aliphatic heterocycles. The second kappa shape index (κ2) is 10.00. The molecule has 23 heavy (non-hydrogen) atoms. The van der Waals surface area contributed by atoms with E-state index in [9.17, 15) is 4.79 Å². The van der Waals surface area contributed by atoms with E-state index in [1.54, 1.807) is 0 Å². The van der Waals surface area contributed by atoms with Gasteiger partial charge in [-0.1, -0.05) is 46.8 Å². The van der Waals surface area contributed by atoms with Crippen molar-refractivity contribution in [1.82, 2.24) is 5.32 Å². The van der Waals surface area contributed by atoms with Crippen molar-refractivity contribution in [2.75, 3.05) is 6.54 Å². The maximum absolute atomic E-state index is 12.0. The average molecular weight is 324 g/mol. The molecule has 1 rings (SSSR count). The topological polar surface area (TPSA) is 38.3 Å². The molecule has 0 fully saturated rings. The number of ether oxygens (including phenoxy) is 1. The predicted octanol–water partition coefficient (Wildman–Crippen LogP) is 5.70. The van der Waals surface area contributed by atoms with Gasteiger partial charge in [-0.15, -0.1) is 0 Å². The molecule has 3 nitrogen and oxygen atoms in total. The first-order chi connectivity index (χ1) is 10.8. The van der Waals surface area contributed by atoms with Crippen LogP contribution in [0.1, 0.15) is 79.6 Å². The molecular weight excluding hydrogens is 286 g/mol. The number of rotatable bonds is 6. The molecule has 0 aromatic heterocycles. The molecule has 0 aromatic rings. The van der Waals surface area contributed by atoms with E-state index in [1.165, 1.54) is 6.42 Å². The lowest BCUT2D eigenvalue weighted by atomic mass is 9.82. The van der Waals surface area contributed by atoms with Crippen LogP contribution in [0.4, 0.5) is 4.79 Å². The molecule has 1 N–H and O–H groups in total. The molecule has 3 atom stereocenters. The smallest absolute Gasteiger partial charge is 0.407 e. The Morgan fingerprint density at radius 1 is 1.17 bits per heavy atom. The number of nitrogens with one attached hydrogen (secondary N) is 1. The standard InChI is InChI=1S/C20H37NO2/c1-16(14-20(3,4)5)13-17(2)15-21-19(22)23-18-11-9-7-6-8-10-12-18/h6-7,16-18H,8-15H2,1-5H3,(H,21,22)/b7-6+. The largest absolute Gasteiger partial charge is 0.446 e. The molecule has 0 spiro atoms. The van der Waals surface area contributed by atoms with Crippen LogP contribution >= 0.6 is 0 Å². The minimum absolute atomic E-state index is 0.0788. The third-order valence-electron chi connectivity index (χ3n) is 4.35. The fourth-order valence-corrected chi connectivity index (χ4v) is 3.59. The zero-order chi connectivity index (χ0) is 17.3. The van der Waals surface area contributed by atoms with Crippen LogP contribution in [-0.4, -0.2) is 18.7 Å². The number of alkyl carbamates (subject to hydrolysis) is 1. The van der Waals surface area contributed by atoms with E-state index in [1.807, 2.05) is 0 Å². The van der Waals surface area contributed by atoms with Gasteiger partial charge in [0.05, 0.1) is 0 Å². The summed E-state index contributed by atoms with van der Waals surface area (Å²) in [6.07, 6.45) is 11.8. The van der Waals surface area contributed by atoms with E-state index in [0.717, 1.165) is 38.5 Å². The molecule has 134 valence electrons. The molecule has 1 amide bonds. The van der Waals surface area contributed by atoms with Gasteiger partial charge in [-0.2, -0.15) is 0 Å². The fraction of sp³-hybridized carbons (Fsp3) is 0.850. The van der Waals surface area contributed by atoms with E-state index < -0.39 is 0 Å². The zero-order valence-corrected chi connectivity index (χ0v) is 15.9. The molecule has 0 bridgehead atoms. The summed E-state index contributed by atoms with van der Waals surface area (Å²) >= 11 is 0. The van der Waals surface area contributed by atoms with Gasteiger partial charge in [-0.05, 0) is 62.2 Å². The molecule has 0 aromatic carbocycles. The normalized spacial score (nSPS) is 23.3. The Morgan fingerprint density at radius 3 is 2.57 bits per heavy atom. The average Bonchev–Trinajstić information content (AvgIpc) is 2.37. The highest BCUT2D eigenvalue weighted by Crippen LogP contribution is 2.27. The maximum Gasteiger partial charge on any atom is 0.407 e. The summed E-state index contributed by atoms with van der Waals surface area (Å²) in [6.45, 7) is 12.1. The van der Waals surface area contributed by atoms with E-state index >= 15 is 0 Å². The van der Waals surface area contributed by atoms with Crippen molar-refractivity contribution in [3.8, 4) is 0 Å². The second-order valence-corrected chi connectivity index (χ2v) is 8.60. The first-order valence-electron chi connectivity index (χ1n) is 9.36. The molecule has 0 saturated heterocycles. The van der Waals surface area contributed by atoms with Crippen molar-refractivity contribution >= 4 is 6.09 Å². The van der Waals surface area contributed by atoms with Crippen LogP contribution in [0.3, 0.4) is 0 Å². The van der Waals surface area contributed by atoms with Crippen molar-refractivity contribution in [1.29, 1.82) is 0 Å². The highest BCUT2D eigenvalue weighted by atomic mass is 16.6. The number of carbonyl (C=O) groups excluding carboxylic acids is 1. The molecule has 3 heteroatoms. The number of hydrogen-bond donors (Lipinski definition) is 1.